The monoisotopic (exact) mass is 287 g/mol. The van der Waals surface area contributed by atoms with Gasteiger partial charge < -0.3 is 5.11 Å². The lowest BCUT2D eigenvalue weighted by Gasteiger charge is -2.36. The number of benzene rings is 1. The van der Waals surface area contributed by atoms with E-state index in [1.54, 1.807) is 6.92 Å². The number of hydrogen-bond donors (Lipinski definition) is 1. The lowest BCUT2D eigenvalue weighted by molar-refractivity contribution is 0.178. The molecule has 0 atom stereocenters. The molecule has 0 aromatic heterocycles. The van der Waals surface area contributed by atoms with Gasteiger partial charge in [-0.05, 0) is 37.5 Å². The topological polar surface area (TPSA) is 57.6 Å². The van der Waals surface area contributed by atoms with E-state index >= 15 is 0 Å². The highest BCUT2D eigenvalue weighted by atomic mass is 32.2. The maximum absolute atomic E-state index is 13.3. The van der Waals surface area contributed by atoms with Crippen molar-refractivity contribution in [3.63, 3.8) is 0 Å². The third kappa shape index (κ3) is 2.80. The van der Waals surface area contributed by atoms with Crippen molar-refractivity contribution in [2.75, 3.05) is 13.2 Å². The molecule has 19 heavy (non-hydrogen) atoms. The minimum atomic E-state index is -3.74. The maximum Gasteiger partial charge on any atom is 0.243 e. The zero-order valence-corrected chi connectivity index (χ0v) is 11.7. The van der Waals surface area contributed by atoms with E-state index in [0.717, 1.165) is 25.3 Å². The minimum Gasteiger partial charge on any atom is -0.395 e. The maximum atomic E-state index is 13.3. The molecule has 1 aliphatic rings. The van der Waals surface area contributed by atoms with Gasteiger partial charge in [0.05, 0.1) is 11.5 Å². The number of rotatable bonds is 5. The summed E-state index contributed by atoms with van der Waals surface area (Å²) in [6.45, 7) is 1.47. The van der Waals surface area contributed by atoms with Crippen LogP contribution in [0.5, 0.6) is 0 Å². The highest BCUT2D eigenvalue weighted by Crippen LogP contribution is 2.30. The Kier molecular flexibility index (Phi) is 4.23. The number of aliphatic hydroxyl groups is 1. The first-order chi connectivity index (χ1) is 8.96. The Labute approximate surface area is 112 Å². The van der Waals surface area contributed by atoms with Gasteiger partial charge in [-0.3, -0.25) is 0 Å². The zero-order valence-electron chi connectivity index (χ0n) is 10.8. The molecule has 0 saturated heterocycles. The zero-order chi connectivity index (χ0) is 14.0. The molecule has 1 saturated carbocycles. The Balaban J connectivity index is 2.40. The molecule has 0 aliphatic heterocycles. The first kappa shape index (κ1) is 14.4. The fourth-order valence-electron chi connectivity index (χ4n) is 2.25. The van der Waals surface area contributed by atoms with Crippen LogP contribution in [-0.2, 0) is 10.0 Å². The summed E-state index contributed by atoms with van der Waals surface area (Å²) in [5, 5.41) is 9.06. The van der Waals surface area contributed by atoms with E-state index in [2.05, 4.69) is 0 Å². The van der Waals surface area contributed by atoms with Gasteiger partial charge in [0.15, 0.2) is 0 Å². The second-order valence-corrected chi connectivity index (χ2v) is 6.69. The standard InChI is InChI=1S/C13H18FNO3S/c1-10-5-6-11(14)9-13(10)19(17,18)15(7-8-16)12-3-2-4-12/h5-6,9,12,16H,2-4,7-8H2,1H3. The fourth-order valence-corrected chi connectivity index (χ4v) is 4.16. The summed E-state index contributed by atoms with van der Waals surface area (Å²) in [7, 11) is -3.74. The quantitative estimate of drug-likeness (QED) is 0.896. The van der Waals surface area contributed by atoms with Crippen molar-refractivity contribution in [2.24, 2.45) is 0 Å². The summed E-state index contributed by atoms with van der Waals surface area (Å²) < 4.78 is 39.8. The van der Waals surface area contributed by atoms with Crippen LogP contribution in [0.15, 0.2) is 23.1 Å². The van der Waals surface area contributed by atoms with E-state index in [9.17, 15) is 12.8 Å². The third-order valence-corrected chi connectivity index (χ3v) is 5.63. The van der Waals surface area contributed by atoms with Crippen molar-refractivity contribution in [3.05, 3.63) is 29.6 Å². The van der Waals surface area contributed by atoms with Crippen molar-refractivity contribution in [2.45, 2.75) is 37.1 Å². The molecule has 1 aliphatic carbocycles. The van der Waals surface area contributed by atoms with Crippen LogP contribution < -0.4 is 0 Å². The summed E-state index contributed by atoms with van der Waals surface area (Å²) in [6, 6.07) is 3.68. The van der Waals surface area contributed by atoms with Crippen LogP contribution in [0.4, 0.5) is 4.39 Å². The Morgan fingerprint density at radius 3 is 2.63 bits per heavy atom. The number of nitrogens with zero attached hydrogens (tertiary/aromatic N) is 1. The lowest BCUT2D eigenvalue weighted by atomic mass is 9.93. The SMILES string of the molecule is Cc1ccc(F)cc1S(=O)(=O)N(CCO)C1CCC1. The molecule has 0 spiro atoms. The molecule has 1 aromatic rings. The van der Waals surface area contributed by atoms with Gasteiger partial charge in [0.25, 0.3) is 0 Å². The first-order valence-corrected chi connectivity index (χ1v) is 7.79. The van der Waals surface area contributed by atoms with Gasteiger partial charge >= 0.3 is 0 Å². The van der Waals surface area contributed by atoms with E-state index in [1.807, 2.05) is 0 Å². The van der Waals surface area contributed by atoms with Gasteiger partial charge in [0, 0.05) is 12.6 Å². The van der Waals surface area contributed by atoms with Crippen LogP contribution in [0.1, 0.15) is 24.8 Å². The van der Waals surface area contributed by atoms with Gasteiger partial charge in [0.2, 0.25) is 10.0 Å². The van der Waals surface area contributed by atoms with E-state index in [-0.39, 0.29) is 24.1 Å². The molecule has 0 radical (unpaired) electrons. The lowest BCUT2D eigenvalue weighted by Crippen LogP contribution is -2.45. The number of aliphatic hydroxyl groups excluding tert-OH is 1. The Morgan fingerprint density at radius 2 is 2.11 bits per heavy atom. The van der Waals surface area contributed by atoms with Crippen molar-refractivity contribution in [1.29, 1.82) is 0 Å². The molecule has 0 unspecified atom stereocenters. The summed E-state index contributed by atoms with van der Waals surface area (Å²) >= 11 is 0. The van der Waals surface area contributed by atoms with Gasteiger partial charge in [0.1, 0.15) is 5.82 Å². The largest absolute Gasteiger partial charge is 0.395 e. The first-order valence-electron chi connectivity index (χ1n) is 6.35. The van der Waals surface area contributed by atoms with Gasteiger partial charge in [-0.2, -0.15) is 4.31 Å². The van der Waals surface area contributed by atoms with E-state index in [1.165, 1.54) is 16.4 Å². The van der Waals surface area contributed by atoms with Crippen molar-refractivity contribution in [3.8, 4) is 0 Å². The Bertz CT molecular complexity index is 555. The second-order valence-electron chi connectivity index (χ2n) is 4.83. The molecule has 6 heteroatoms. The minimum absolute atomic E-state index is 0.00662. The van der Waals surface area contributed by atoms with Crippen LogP contribution in [0, 0.1) is 12.7 Å². The molecule has 2 rings (SSSR count). The van der Waals surface area contributed by atoms with Crippen LogP contribution in [-0.4, -0.2) is 37.0 Å². The molecular formula is C13H18FNO3S. The average molecular weight is 287 g/mol. The van der Waals surface area contributed by atoms with Crippen molar-refractivity contribution >= 4 is 10.0 Å². The average Bonchev–Trinajstić information content (AvgIpc) is 2.29. The van der Waals surface area contributed by atoms with Gasteiger partial charge in [-0.1, -0.05) is 12.5 Å². The molecule has 1 fully saturated rings. The van der Waals surface area contributed by atoms with Gasteiger partial charge in [-0.15, -0.1) is 0 Å². The van der Waals surface area contributed by atoms with Crippen molar-refractivity contribution < 1.29 is 17.9 Å². The van der Waals surface area contributed by atoms with Crippen molar-refractivity contribution in [1.82, 2.24) is 4.31 Å². The summed E-state index contributed by atoms with van der Waals surface area (Å²) in [4.78, 5) is -0.00662. The number of sulfonamides is 1. The number of hydrogen-bond acceptors (Lipinski definition) is 3. The molecular weight excluding hydrogens is 269 g/mol. The normalized spacial score (nSPS) is 16.6. The highest BCUT2D eigenvalue weighted by Gasteiger charge is 2.35. The van der Waals surface area contributed by atoms with Crippen LogP contribution in [0.2, 0.25) is 0 Å². The molecule has 106 valence electrons. The Hall–Kier alpha value is -0.980. The fraction of sp³-hybridized carbons (Fsp3) is 0.538. The molecule has 0 bridgehead atoms. The summed E-state index contributed by atoms with van der Waals surface area (Å²) in [5.74, 6) is -0.568. The second kappa shape index (κ2) is 5.56. The highest BCUT2D eigenvalue weighted by molar-refractivity contribution is 7.89. The smallest absolute Gasteiger partial charge is 0.243 e. The van der Waals surface area contributed by atoms with E-state index in [0.29, 0.717) is 5.56 Å². The molecule has 0 heterocycles. The molecule has 0 amide bonds. The van der Waals surface area contributed by atoms with Crippen LogP contribution in [0.25, 0.3) is 0 Å². The van der Waals surface area contributed by atoms with Crippen LogP contribution in [0.3, 0.4) is 0 Å². The molecule has 4 nitrogen and oxygen atoms in total. The summed E-state index contributed by atoms with van der Waals surface area (Å²) in [5.41, 5.74) is 0.517. The van der Waals surface area contributed by atoms with Crippen LogP contribution >= 0.6 is 0 Å². The number of halogens is 1. The molecule has 1 N–H and O–H groups in total. The predicted octanol–water partition coefficient (Wildman–Crippen LogP) is 1.67. The summed E-state index contributed by atoms with van der Waals surface area (Å²) in [6.07, 6.45) is 2.59. The number of aryl methyl sites for hydroxylation is 1. The van der Waals surface area contributed by atoms with E-state index in [4.69, 9.17) is 5.11 Å². The van der Waals surface area contributed by atoms with Gasteiger partial charge in [-0.25, -0.2) is 12.8 Å². The Morgan fingerprint density at radius 1 is 1.42 bits per heavy atom. The predicted molar refractivity (Wildman–Crippen MR) is 69.8 cm³/mol. The molecule has 1 aromatic carbocycles. The third-order valence-electron chi connectivity index (χ3n) is 3.54. The van der Waals surface area contributed by atoms with E-state index < -0.39 is 15.8 Å².